The summed E-state index contributed by atoms with van der Waals surface area (Å²) in [5.74, 6) is 0. The third kappa shape index (κ3) is 5.10. The Morgan fingerprint density at radius 2 is 1.88 bits per heavy atom. The molecule has 2 aromatic rings. The number of sulfonamides is 1. The number of hydrogen-bond acceptors (Lipinski definition) is 5. The van der Waals surface area contributed by atoms with Gasteiger partial charge in [0, 0.05) is 32.6 Å². The highest BCUT2D eigenvalue weighted by Gasteiger charge is 2.17. The van der Waals surface area contributed by atoms with Crippen molar-refractivity contribution in [3.05, 3.63) is 46.4 Å². The summed E-state index contributed by atoms with van der Waals surface area (Å²) in [6, 6.07) is 8.79. The molecule has 11 heteroatoms. The fourth-order valence-corrected chi connectivity index (χ4v) is 4.72. The van der Waals surface area contributed by atoms with E-state index in [1.54, 1.807) is 19.1 Å². The second kappa shape index (κ2) is 8.26. The maximum absolute atomic E-state index is 11.6. The van der Waals surface area contributed by atoms with E-state index in [2.05, 4.69) is 0 Å². The number of anilines is 1. The summed E-state index contributed by atoms with van der Waals surface area (Å²) in [6.45, 7) is 1.83. The van der Waals surface area contributed by atoms with Crippen LogP contribution in [0.1, 0.15) is 6.92 Å². The average Bonchev–Trinajstić information content (AvgIpc) is 2.50. The van der Waals surface area contributed by atoms with Gasteiger partial charge in [-0.05, 0) is 43.3 Å². The smallest absolute Gasteiger partial charge is 0.238 e. The first kappa shape index (κ1) is 20.5. The first-order chi connectivity index (χ1) is 11.6. The van der Waals surface area contributed by atoms with Crippen molar-refractivity contribution in [2.75, 3.05) is 10.8 Å². The van der Waals surface area contributed by atoms with E-state index in [9.17, 15) is 17.2 Å². The van der Waals surface area contributed by atoms with E-state index < -0.39 is 21.3 Å². The maximum atomic E-state index is 11.6. The summed E-state index contributed by atoms with van der Waals surface area (Å²) < 4.78 is 47.3. The predicted octanol–water partition coefficient (Wildman–Crippen LogP) is 3.41. The van der Waals surface area contributed by atoms with Crippen LogP contribution in [-0.4, -0.2) is 23.7 Å². The second-order valence-corrected chi connectivity index (χ2v) is 9.13. The molecule has 1 atom stereocenters. The highest BCUT2D eigenvalue weighted by molar-refractivity contribution is 7.99. The van der Waals surface area contributed by atoms with Gasteiger partial charge in [0.1, 0.15) is 0 Å². The molecule has 0 saturated heterocycles. The first-order valence-corrected chi connectivity index (χ1v) is 10.9. The number of halogens is 2. The normalized spacial score (nSPS) is 12.8. The van der Waals surface area contributed by atoms with Crippen LogP contribution in [0.15, 0.2) is 51.1 Å². The zero-order valence-corrected chi connectivity index (χ0v) is 16.8. The van der Waals surface area contributed by atoms with Crippen LogP contribution in [0.4, 0.5) is 5.69 Å². The molecule has 0 fully saturated rings. The van der Waals surface area contributed by atoms with Crippen LogP contribution in [0.5, 0.6) is 0 Å². The molecule has 0 radical (unpaired) electrons. The van der Waals surface area contributed by atoms with Gasteiger partial charge >= 0.3 is 0 Å². The predicted molar refractivity (Wildman–Crippen MR) is 100 cm³/mol. The Labute approximate surface area is 162 Å². The van der Waals surface area contributed by atoms with Crippen molar-refractivity contribution in [1.29, 1.82) is 0 Å². The number of benzene rings is 2. The zero-order chi connectivity index (χ0) is 18.8. The Bertz CT molecular complexity index is 922. The number of hydrogen-bond donors (Lipinski definition) is 1. The maximum Gasteiger partial charge on any atom is 0.238 e. The van der Waals surface area contributed by atoms with Crippen LogP contribution >= 0.6 is 35.0 Å². The molecule has 25 heavy (non-hydrogen) atoms. The van der Waals surface area contributed by atoms with E-state index in [1.165, 1.54) is 24.3 Å². The monoisotopic (exact) mass is 439 g/mol. The highest BCUT2D eigenvalue weighted by Crippen LogP contribution is 2.40. The van der Waals surface area contributed by atoms with Gasteiger partial charge in [-0.25, -0.2) is 13.6 Å². The van der Waals surface area contributed by atoms with Crippen LogP contribution in [0.2, 0.25) is 10.0 Å². The van der Waals surface area contributed by atoms with Gasteiger partial charge in [0.05, 0.1) is 15.6 Å². The lowest BCUT2D eigenvalue weighted by Gasteiger charge is -2.27. The number of nitrogens with zero attached hydrogens (tertiary/aromatic N) is 1. The third-order valence-electron chi connectivity index (χ3n) is 3.11. The molecule has 0 spiro atoms. The molecule has 0 amide bonds. The fourth-order valence-electron chi connectivity index (χ4n) is 1.99. The van der Waals surface area contributed by atoms with Gasteiger partial charge in [0.25, 0.3) is 0 Å². The standard InChI is InChI=1S/C14H14Cl2N2O4S3/c1-2-18(24(19)20)12-5-4-10(25(17,21)22)8-14(12)23-13-6-3-9(15)7-11(13)16/h3-8H,2H2,1H3,(H,19,20)(H2,17,21,22)/p-1. The minimum Gasteiger partial charge on any atom is -0.755 e. The van der Waals surface area contributed by atoms with Crippen LogP contribution in [0, 0.1) is 0 Å². The van der Waals surface area contributed by atoms with E-state index in [0.717, 1.165) is 16.1 Å². The second-order valence-electron chi connectivity index (χ2n) is 4.76. The molecule has 2 rings (SSSR count). The van der Waals surface area contributed by atoms with Gasteiger partial charge in [-0.2, -0.15) is 0 Å². The molecule has 0 aliphatic rings. The summed E-state index contributed by atoms with van der Waals surface area (Å²) in [5.41, 5.74) is 0.319. The highest BCUT2D eigenvalue weighted by atomic mass is 35.5. The van der Waals surface area contributed by atoms with Crippen molar-refractivity contribution >= 4 is 61.9 Å². The van der Waals surface area contributed by atoms with E-state index in [-0.39, 0.29) is 11.4 Å². The third-order valence-corrected chi connectivity index (χ3v) is 6.62. The lowest BCUT2D eigenvalue weighted by atomic mass is 10.3. The molecule has 1 unspecified atom stereocenters. The fraction of sp³-hybridized carbons (Fsp3) is 0.143. The van der Waals surface area contributed by atoms with Crippen molar-refractivity contribution in [3.8, 4) is 0 Å². The molecule has 2 N–H and O–H groups in total. The van der Waals surface area contributed by atoms with Crippen LogP contribution in [-0.2, 0) is 21.3 Å². The summed E-state index contributed by atoms with van der Waals surface area (Å²) in [4.78, 5) is 0.838. The van der Waals surface area contributed by atoms with Crippen molar-refractivity contribution in [3.63, 3.8) is 0 Å². The lowest BCUT2D eigenvalue weighted by Crippen LogP contribution is -2.25. The Morgan fingerprint density at radius 1 is 1.20 bits per heavy atom. The molecule has 0 saturated carbocycles. The van der Waals surface area contributed by atoms with Gasteiger partial charge in [-0.1, -0.05) is 35.0 Å². The molecule has 0 heterocycles. The number of rotatable bonds is 6. The van der Waals surface area contributed by atoms with Gasteiger partial charge in [0.2, 0.25) is 10.0 Å². The molecule has 6 nitrogen and oxygen atoms in total. The Morgan fingerprint density at radius 3 is 2.40 bits per heavy atom. The Kier molecular flexibility index (Phi) is 6.77. The number of nitrogens with two attached hydrogens (primary N) is 1. The summed E-state index contributed by atoms with van der Waals surface area (Å²) in [5, 5.41) is 5.98. The van der Waals surface area contributed by atoms with Crippen LogP contribution in [0.3, 0.4) is 0 Å². The minimum absolute atomic E-state index is 0.128. The summed E-state index contributed by atoms with van der Waals surface area (Å²) in [7, 11) is -3.94. The molecule has 0 aromatic heterocycles. The summed E-state index contributed by atoms with van der Waals surface area (Å²) >= 11 is 10.6. The lowest BCUT2D eigenvalue weighted by molar-refractivity contribution is 0.532. The molecule has 0 bridgehead atoms. The quantitative estimate of drug-likeness (QED) is 0.694. The Balaban J connectivity index is 2.60. The molecular weight excluding hydrogens is 427 g/mol. The molecule has 2 aromatic carbocycles. The van der Waals surface area contributed by atoms with E-state index >= 15 is 0 Å². The van der Waals surface area contributed by atoms with Gasteiger partial charge in [0.15, 0.2) is 0 Å². The van der Waals surface area contributed by atoms with E-state index in [1.807, 2.05) is 0 Å². The SMILES string of the molecule is CCN(c1ccc(S(N)(=O)=O)cc1Sc1ccc(Cl)cc1Cl)S(=O)[O-]. The zero-order valence-electron chi connectivity index (χ0n) is 12.8. The topological polar surface area (TPSA) is 104 Å². The van der Waals surface area contributed by atoms with Crippen LogP contribution in [0.25, 0.3) is 0 Å². The largest absolute Gasteiger partial charge is 0.755 e. The van der Waals surface area contributed by atoms with Crippen LogP contribution < -0.4 is 9.44 Å². The minimum atomic E-state index is -3.94. The molecule has 0 aliphatic heterocycles. The molecule has 136 valence electrons. The Hall–Kier alpha value is -0.810. The first-order valence-electron chi connectivity index (χ1n) is 6.80. The van der Waals surface area contributed by atoms with Crippen molar-refractivity contribution in [2.24, 2.45) is 5.14 Å². The van der Waals surface area contributed by atoms with Gasteiger partial charge < -0.3 is 8.86 Å². The van der Waals surface area contributed by atoms with Crippen molar-refractivity contribution < 1.29 is 17.2 Å². The van der Waals surface area contributed by atoms with Gasteiger partial charge in [-0.15, -0.1) is 0 Å². The van der Waals surface area contributed by atoms with Gasteiger partial charge in [-0.3, -0.25) is 4.21 Å². The van der Waals surface area contributed by atoms with Crippen molar-refractivity contribution in [2.45, 2.75) is 21.6 Å². The summed E-state index contributed by atoms with van der Waals surface area (Å²) in [6.07, 6.45) is 0. The van der Waals surface area contributed by atoms with E-state index in [0.29, 0.717) is 25.5 Å². The van der Waals surface area contributed by atoms with E-state index in [4.69, 9.17) is 28.3 Å². The number of primary sulfonamides is 1. The average molecular weight is 440 g/mol. The molecule has 0 aliphatic carbocycles. The van der Waals surface area contributed by atoms with Crippen molar-refractivity contribution in [1.82, 2.24) is 0 Å². The molecular formula is C14H13Cl2N2O4S3-.